The maximum atomic E-state index is 12.1. The van der Waals surface area contributed by atoms with Crippen molar-refractivity contribution in [3.05, 3.63) is 0 Å². The minimum absolute atomic E-state index is 0.157. The highest BCUT2D eigenvalue weighted by Crippen LogP contribution is 2.17. The first-order valence-corrected chi connectivity index (χ1v) is 7.43. The summed E-state index contributed by atoms with van der Waals surface area (Å²) in [6.45, 7) is -0.369. The number of nitrogens with two attached hydrogens (primary N) is 1. The first-order chi connectivity index (χ1) is 10.4. The Hall–Kier alpha value is -1.81. The van der Waals surface area contributed by atoms with Crippen molar-refractivity contribution >= 4 is 36.3 Å². The van der Waals surface area contributed by atoms with Crippen molar-refractivity contribution in [1.82, 2.24) is 15.5 Å². The van der Waals surface area contributed by atoms with Crippen LogP contribution < -0.4 is 16.4 Å². The first-order valence-electron chi connectivity index (χ1n) is 6.80. The summed E-state index contributed by atoms with van der Waals surface area (Å²) in [5.74, 6) is -2.41. The van der Waals surface area contributed by atoms with Crippen LogP contribution in [0.5, 0.6) is 0 Å². The van der Waals surface area contributed by atoms with E-state index in [1.807, 2.05) is 0 Å². The van der Waals surface area contributed by atoms with E-state index in [1.54, 1.807) is 0 Å². The highest BCUT2D eigenvalue weighted by molar-refractivity contribution is 7.80. The number of rotatable bonds is 7. The molecule has 0 aromatic heterocycles. The average molecular weight is 332 g/mol. The van der Waals surface area contributed by atoms with Crippen LogP contribution in [0.15, 0.2) is 0 Å². The molecule has 0 spiro atoms. The second-order valence-corrected chi connectivity index (χ2v) is 5.23. The van der Waals surface area contributed by atoms with Crippen LogP contribution in [-0.4, -0.2) is 71.2 Å². The second-order valence-electron chi connectivity index (χ2n) is 4.86. The Morgan fingerprint density at radius 3 is 2.55 bits per heavy atom. The summed E-state index contributed by atoms with van der Waals surface area (Å²) >= 11 is 3.89. The van der Waals surface area contributed by atoms with Crippen molar-refractivity contribution in [3.63, 3.8) is 0 Å². The van der Waals surface area contributed by atoms with Gasteiger partial charge in [-0.15, -0.1) is 0 Å². The lowest BCUT2D eigenvalue weighted by molar-refractivity contribution is -0.141. The molecule has 1 rings (SSSR count). The largest absolute Gasteiger partial charge is 0.480 e. The molecule has 1 saturated heterocycles. The van der Waals surface area contributed by atoms with Gasteiger partial charge in [-0.05, 0) is 12.8 Å². The molecular formula is C12H20N4O5S. The Bertz CT molecular complexity index is 459. The summed E-state index contributed by atoms with van der Waals surface area (Å²) < 4.78 is 0. The van der Waals surface area contributed by atoms with Gasteiger partial charge in [-0.1, -0.05) is 0 Å². The van der Waals surface area contributed by atoms with Gasteiger partial charge >= 0.3 is 5.97 Å². The molecule has 1 aliphatic heterocycles. The quantitative estimate of drug-likeness (QED) is 0.328. The molecule has 0 radical (unpaired) electrons. The molecule has 0 aliphatic carbocycles. The molecule has 1 heterocycles. The Labute approximate surface area is 133 Å². The second kappa shape index (κ2) is 8.59. The monoisotopic (exact) mass is 332 g/mol. The molecule has 22 heavy (non-hydrogen) atoms. The molecule has 9 nitrogen and oxygen atoms in total. The highest BCUT2D eigenvalue weighted by Gasteiger charge is 2.34. The van der Waals surface area contributed by atoms with Crippen LogP contribution in [0.2, 0.25) is 0 Å². The number of hydrogen-bond donors (Lipinski definition) is 5. The van der Waals surface area contributed by atoms with Gasteiger partial charge in [-0.25, -0.2) is 0 Å². The number of carbonyl (C=O) groups is 4. The summed E-state index contributed by atoms with van der Waals surface area (Å²) in [6, 6.07) is -1.51. The van der Waals surface area contributed by atoms with Crippen LogP contribution in [0.25, 0.3) is 0 Å². The van der Waals surface area contributed by atoms with Crippen LogP contribution in [0.4, 0.5) is 0 Å². The van der Waals surface area contributed by atoms with E-state index in [0.717, 1.165) is 0 Å². The third kappa shape index (κ3) is 5.19. The molecular weight excluding hydrogens is 312 g/mol. The fourth-order valence-corrected chi connectivity index (χ4v) is 2.26. The summed E-state index contributed by atoms with van der Waals surface area (Å²) in [7, 11) is 0. The van der Waals surface area contributed by atoms with Gasteiger partial charge in [0, 0.05) is 12.3 Å². The van der Waals surface area contributed by atoms with E-state index in [0.29, 0.717) is 19.4 Å². The third-order valence-electron chi connectivity index (χ3n) is 3.24. The van der Waals surface area contributed by atoms with Crippen LogP contribution in [-0.2, 0) is 19.2 Å². The fraction of sp³-hybridized carbons (Fsp3) is 0.667. The molecule has 0 unspecified atom stereocenters. The van der Waals surface area contributed by atoms with Crippen molar-refractivity contribution in [2.24, 2.45) is 5.73 Å². The Kier molecular flexibility index (Phi) is 7.12. The van der Waals surface area contributed by atoms with Crippen molar-refractivity contribution < 1.29 is 24.3 Å². The lowest BCUT2D eigenvalue weighted by Gasteiger charge is -2.24. The van der Waals surface area contributed by atoms with Crippen molar-refractivity contribution in [2.45, 2.75) is 24.9 Å². The number of hydrogen-bond acceptors (Lipinski definition) is 6. The van der Waals surface area contributed by atoms with E-state index in [2.05, 4.69) is 23.3 Å². The van der Waals surface area contributed by atoms with Gasteiger partial charge in [0.15, 0.2) is 0 Å². The molecule has 10 heteroatoms. The molecule has 124 valence electrons. The number of carbonyl (C=O) groups excluding carboxylic acids is 3. The van der Waals surface area contributed by atoms with E-state index >= 15 is 0 Å². The first kappa shape index (κ1) is 18.2. The zero-order valence-electron chi connectivity index (χ0n) is 11.9. The molecule has 3 amide bonds. The van der Waals surface area contributed by atoms with Gasteiger partial charge in [0.25, 0.3) is 0 Å². The van der Waals surface area contributed by atoms with Crippen molar-refractivity contribution in [3.8, 4) is 0 Å². The van der Waals surface area contributed by atoms with E-state index in [1.165, 1.54) is 4.90 Å². The van der Waals surface area contributed by atoms with Crippen LogP contribution >= 0.6 is 12.6 Å². The molecule has 0 aromatic rings. The third-order valence-corrected chi connectivity index (χ3v) is 3.63. The Morgan fingerprint density at radius 1 is 1.27 bits per heavy atom. The van der Waals surface area contributed by atoms with Gasteiger partial charge in [0.2, 0.25) is 17.7 Å². The van der Waals surface area contributed by atoms with Gasteiger partial charge in [0.05, 0.1) is 12.6 Å². The zero-order chi connectivity index (χ0) is 16.7. The van der Waals surface area contributed by atoms with Gasteiger partial charge in [0.1, 0.15) is 12.6 Å². The molecule has 0 saturated carbocycles. The number of aliphatic carboxylic acids is 1. The molecule has 2 atom stereocenters. The number of nitrogens with one attached hydrogen (secondary N) is 2. The predicted octanol–water partition coefficient (Wildman–Crippen LogP) is -2.45. The molecule has 5 N–H and O–H groups in total. The number of carboxylic acid groups (broad SMARTS) is 1. The highest BCUT2D eigenvalue weighted by atomic mass is 32.1. The number of nitrogens with zero attached hydrogens (tertiary/aromatic N) is 1. The number of likely N-dealkylation sites (tertiary alicyclic amines) is 1. The maximum absolute atomic E-state index is 12.1. The molecule has 1 fully saturated rings. The lowest BCUT2D eigenvalue weighted by atomic mass is 10.2. The van der Waals surface area contributed by atoms with Crippen LogP contribution in [0, 0.1) is 0 Å². The lowest BCUT2D eigenvalue weighted by Crippen LogP contribution is -2.51. The van der Waals surface area contributed by atoms with Gasteiger partial charge in [-0.2, -0.15) is 12.6 Å². The SMILES string of the molecule is N[C@@H](CS)C(=O)NCC(=O)N1CCC[C@H]1C(=O)NCC(=O)O. The van der Waals surface area contributed by atoms with Crippen molar-refractivity contribution in [1.29, 1.82) is 0 Å². The van der Waals surface area contributed by atoms with E-state index < -0.39 is 42.3 Å². The summed E-state index contributed by atoms with van der Waals surface area (Å²) in [5.41, 5.74) is 5.47. The zero-order valence-corrected chi connectivity index (χ0v) is 12.8. The maximum Gasteiger partial charge on any atom is 0.322 e. The number of carboxylic acids is 1. The summed E-state index contributed by atoms with van der Waals surface area (Å²) in [4.78, 5) is 47.2. The van der Waals surface area contributed by atoms with Gasteiger partial charge in [-0.3, -0.25) is 19.2 Å². The molecule has 0 bridgehead atoms. The molecule has 0 aromatic carbocycles. The van der Waals surface area contributed by atoms with Crippen molar-refractivity contribution in [2.75, 3.05) is 25.4 Å². The summed E-state index contributed by atoms with van der Waals surface area (Å²) in [6.07, 6.45) is 1.10. The fourth-order valence-electron chi connectivity index (χ4n) is 2.10. The Balaban J connectivity index is 2.51. The number of thiol groups is 1. The minimum Gasteiger partial charge on any atom is -0.480 e. The topological polar surface area (TPSA) is 142 Å². The normalized spacial score (nSPS) is 18.6. The van der Waals surface area contributed by atoms with E-state index in [-0.39, 0.29) is 12.3 Å². The van der Waals surface area contributed by atoms with E-state index in [9.17, 15) is 19.2 Å². The van der Waals surface area contributed by atoms with E-state index in [4.69, 9.17) is 10.8 Å². The smallest absolute Gasteiger partial charge is 0.322 e. The standard InChI is InChI=1S/C12H20N4O5S/c13-7(6-22)11(20)14-4-9(17)16-3-1-2-8(16)12(21)15-5-10(18)19/h7-8,22H,1-6,13H2,(H,14,20)(H,15,21)(H,18,19)/t7-,8-/m0/s1. The Morgan fingerprint density at radius 2 is 1.95 bits per heavy atom. The molecule has 1 aliphatic rings. The van der Waals surface area contributed by atoms with Gasteiger partial charge < -0.3 is 26.4 Å². The average Bonchev–Trinajstić information content (AvgIpc) is 2.98. The minimum atomic E-state index is -1.16. The van der Waals surface area contributed by atoms with Crippen LogP contribution in [0.3, 0.4) is 0 Å². The number of amides is 3. The summed E-state index contributed by atoms with van der Waals surface area (Å²) in [5, 5.41) is 13.2. The predicted molar refractivity (Wildman–Crippen MR) is 80.2 cm³/mol. The van der Waals surface area contributed by atoms with Crippen LogP contribution in [0.1, 0.15) is 12.8 Å².